The molecule has 0 saturated heterocycles. The molecule has 1 aliphatic carbocycles. The van der Waals surface area contributed by atoms with Crippen LogP contribution in [0.2, 0.25) is 0 Å². The Labute approximate surface area is 45.2 Å². The SMILES string of the molecule is [CH]C1C=CCCC1. The zero-order valence-corrected chi connectivity index (χ0v) is 4.43. The van der Waals surface area contributed by atoms with E-state index in [1.54, 1.807) is 0 Å². The summed E-state index contributed by atoms with van der Waals surface area (Å²) in [6, 6.07) is 0. The van der Waals surface area contributed by atoms with Gasteiger partial charge in [-0.1, -0.05) is 12.2 Å². The van der Waals surface area contributed by atoms with Gasteiger partial charge < -0.3 is 0 Å². The predicted octanol–water partition coefficient (Wildman–Crippen LogP) is 2.05. The van der Waals surface area contributed by atoms with Crippen LogP contribution >= 0.6 is 0 Å². The fourth-order valence-corrected chi connectivity index (χ4v) is 0.839. The quantitative estimate of drug-likeness (QED) is 0.403. The minimum absolute atomic E-state index is 0.355. The van der Waals surface area contributed by atoms with Crippen molar-refractivity contribution in [3.05, 3.63) is 19.1 Å². The van der Waals surface area contributed by atoms with E-state index >= 15 is 0 Å². The van der Waals surface area contributed by atoms with Gasteiger partial charge in [0.05, 0.1) is 0 Å². The number of hydrogen-bond donors (Lipinski definition) is 0. The molecular weight excluding hydrogens is 84.1 g/mol. The Morgan fingerprint density at radius 3 is 2.71 bits per heavy atom. The van der Waals surface area contributed by atoms with Crippen molar-refractivity contribution >= 4 is 0 Å². The van der Waals surface area contributed by atoms with Gasteiger partial charge in [-0.15, -0.1) is 0 Å². The van der Waals surface area contributed by atoms with Crippen LogP contribution in [0.4, 0.5) is 0 Å². The largest absolute Gasteiger partial charge is 0.0882 e. The molecule has 0 amide bonds. The normalized spacial score (nSPS) is 30.7. The molecule has 0 aliphatic heterocycles. The highest BCUT2D eigenvalue weighted by Crippen LogP contribution is 2.14. The highest BCUT2D eigenvalue weighted by Gasteiger charge is 1.99. The van der Waals surface area contributed by atoms with Gasteiger partial charge in [-0.2, -0.15) is 0 Å². The smallest absolute Gasteiger partial charge is 0.0199 e. The second kappa shape index (κ2) is 2.15. The number of allylic oxidation sites excluding steroid dienone is 2. The molecule has 0 spiro atoms. The Morgan fingerprint density at radius 2 is 2.43 bits per heavy atom. The first-order valence-electron chi connectivity index (χ1n) is 2.82. The van der Waals surface area contributed by atoms with E-state index in [4.69, 9.17) is 6.92 Å². The average molecular weight is 94.2 g/mol. The van der Waals surface area contributed by atoms with Crippen LogP contribution in [0.1, 0.15) is 19.3 Å². The molecule has 1 atom stereocenters. The van der Waals surface area contributed by atoms with Crippen LogP contribution in [0, 0.1) is 12.8 Å². The van der Waals surface area contributed by atoms with E-state index in [1.807, 2.05) is 0 Å². The molecule has 0 bridgehead atoms. The van der Waals surface area contributed by atoms with Gasteiger partial charge in [0, 0.05) is 0 Å². The third-order valence-electron chi connectivity index (χ3n) is 1.29. The lowest BCUT2D eigenvalue weighted by atomic mass is 9.98. The van der Waals surface area contributed by atoms with Gasteiger partial charge in [-0.25, -0.2) is 0 Å². The van der Waals surface area contributed by atoms with E-state index < -0.39 is 0 Å². The Balaban J connectivity index is 2.36. The Morgan fingerprint density at radius 1 is 1.57 bits per heavy atom. The van der Waals surface area contributed by atoms with Crippen LogP contribution in [-0.2, 0) is 0 Å². The number of hydrogen-bond acceptors (Lipinski definition) is 0. The summed E-state index contributed by atoms with van der Waals surface area (Å²) >= 11 is 0. The van der Waals surface area contributed by atoms with E-state index in [2.05, 4.69) is 12.2 Å². The van der Waals surface area contributed by atoms with Crippen LogP contribution in [-0.4, -0.2) is 0 Å². The van der Waals surface area contributed by atoms with Gasteiger partial charge in [-0.05, 0) is 32.1 Å². The third kappa shape index (κ3) is 1.34. The lowest BCUT2D eigenvalue weighted by Gasteiger charge is -2.07. The summed E-state index contributed by atoms with van der Waals surface area (Å²) in [4.78, 5) is 0. The summed E-state index contributed by atoms with van der Waals surface area (Å²) < 4.78 is 0. The summed E-state index contributed by atoms with van der Waals surface area (Å²) in [5.74, 6) is 0.355. The maximum atomic E-state index is 5.55. The van der Waals surface area contributed by atoms with Crippen LogP contribution in [0.3, 0.4) is 0 Å². The van der Waals surface area contributed by atoms with Gasteiger partial charge in [0.15, 0.2) is 0 Å². The van der Waals surface area contributed by atoms with Crippen molar-refractivity contribution in [2.45, 2.75) is 19.3 Å². The molecule has 1 rings (SSSR count). The molecule has 0 aromatic rings. The average Bonchev–Trinajstić information content (AvgIpc) is 1.69. The molecule has 0 N–H and O–H groups in total. The maximum absolute atomic E-state index is 5.55. The summed E-state index contributed by atoms with van der Waals surface area (Å²) in [5, 5.41) is 0. The van der Waals surface area contributed by atoms with E-state index in [0.29, 0.717) is 5.92 Å². The Kier molecular flexibility index (Phi) is 1.50. The van der Waals surface area contributed by atoms with Crippen molar-refractivity contribution in [2.24, 2.45) is 5.92 Å². The topological polar surface area (TPSA) is 0 Å². The summed E-state index contributed by atoms with van der Waals surface area (Å²) in [5.41, 5.74) is 0. The lowest BCUT2D eigenvalue weighted by Crippen LogP contribution is -1.93. The van der Waals surface area contributed by atoms with E-state index in [-0.39, 0.29) is 0 Å². The van der Waals surface area contributed by atoms with Crippen molar-refractivity contribution in [1.29, 1.82) is 0 Å². The van der Waals surface area contributed by atoms with Crippen LogP contribution in [0.5, 0.6) is 0 Å². The second-order valence-electron chi connectivity index (χ2n) is 2.02. The minimum Gasteiger partial charge on any atom is -0.0882 e. The van der Waals surface area contributed by atoms with Crippen molar-refractivity contribution in [2.75, 3.05) is 0 Å². The molecule has 0 heteroatoms. The minimum atomic E-state index is 0.355. The fraction of sp³-hybridized carbons (Fsp3) is 0.571. The van der Waals surface area contributed by atoms with E-state index in [0.717, 1.165) is 0 Å². The standard InChI is InChI=1S/C7H10/c1-7-5-3-2-4-6-7/h1,3,5,7H,2,4,6H2. The molecule has 1 aliphatic rings. The Hall–Kier alpha value is -0.260. The predicted molar refractivity (Wildman–Crippen MR) is 30.8 cm³/mol. The van der Waals surface area contributed by atoms with Gasteiger partial charge in [0.25, 0.3) is 0 Å². The monoisotopic (exact) mass is 94.1 g/mol. The lowest BCUT2D eigenvalue weighted by molar-refractivity contribution is 0.628. The first-order valence-corrected chi connectivity index (χ1v) is 2.82. The number of rotatable bonds is 0. The zero-order valence-electron chi connectivity index (χ0n) is 4.43. The van der Waals surface area contributed by atoms with Crippen molar-refractivity contribution in [1.82, 2.24) is 0 Å². The molecule has 38 valence electrons. The highest BCUT2D eigenvalue weighted by atomic mass is 14.0. The Bertz CT molecular complexity index is 72.1. The third-order valence-corrected chi connectivity index (χ3v) is 1.29. The fourth-order valence-electron chi connectivity index (χ4n) is 0.839. The van der Waals surface area contributed by atoms with Gasteiger partial charge in [0.1, 0.15) is 0 Å². The maximum Gasteiger partial charge on any atom is -0.0199 e. The summed E-state index contributed by atoms with van der Waals surface area (Å²) in [7, 11) is 0. The van der Waals surface area contributed by atoms with Crippen LogP contribution in [0.25, 0.3) is 0 Å². The molecular formula is C7H10. The van der Waals surface area contributed by atoms with Crippen molar-refractivity contribution in [3.8, 4) is 0 Å². The molecule has 0 aromatic carbocycles. The van der Waals surface area contributed by atoms with Crippen molar-refractivity contribution < 1.29 is 0 Å². The second-order valence-corrected chi connectivity index (χ2v) is 2.02. The molecule has 7 heavy (non-hydrogen) atoms. The molecule has 1 unspecified atom stereocenters. The first-order chi connectivity index (χ1) is 3.39. The molecule has 0 nitrogen and oxygen atoms in total. The van der Waals surface area contributed by atoms with Gasteiger partial charge in [-0.3, -0.25) is 0 Å². The van der Waals surface area contributed by atoms with E-state index in [1.165, 1.54) is 19.3 Å². The molecule has 0 aromatic heterocycles. The molecule has 0 heterocycles. The van der Waals surface area contributed by atoms with Gasteiger partial charge >= 0.3 is 0 Å². The molecule has 0 fully saturated rings. The zero-order chi connectivity index (χ0) is 5.11. The highest BCUT2D eigenvalue weighted by molar-refractivity contribution is 4.93. The summed E-state index contributed by atoms with van der Waals surface area (Å²) in [6.07, 6.45) is 7.93. The van der Waals surface area contributed by atoms with Crippen molar-refractivity contribution in [3.63, 3.8) is 0 Å². The van der Waals surface area contributed by atoms with Gasteiger partial charge in [0.2, 0.25) is 0 Å². The molecule has 2 radical (unpaired) electrons. The van der Waals surface area contributed by atoms with Crippen LogP contribution < -0.4 is 0 Å². The molecule has 0 saturated carbocycles. The first kappa shape index (κ1) is 4.89. The van der Waals surface area contributed by atoms with Crippen LogP contribution in [0.15, 0.2) is 12.2 Å². The summed E-state index contributed by atoms with van der Waals surface area (Å²) in [6.45, 7) is 5.55. The van der Waals surface area contributed by atoms with E-state index in [9.17, 15) is 0 Å².